The number of ether oxygens (including phenoxy) is 1. The number of pyridine rings is 2. The van der Waals surface area contributed by atoms with Crippen molar-refractivity contribution in [2.45, 2.75) is 129 Å². The average molecular weight is 789 g/mol. The lowest BCUT2D eigenvalue weighted by atomic mass is 9.93. The van der Waals surface area contributed by atoms with Gasteiger partial charge in [0.05, 0.1) is 35.4 Å². The second kappa shape index (κ2) is 16.1. The lowest BCUT2D eigenvalue weighted by Gasteiger charge is -2.36. The molecule has 1 aromatic carbocycles. The monoisotopic (exact) mass is 788 g/mol. The highest BCUT2D eigenvalue weighted by atomic mass is 32.2. The Morgan fingerprint density at radius 3 is 2.35 bits per heavy atom. The van der Waals surface area contributed by atoms with Crippen LogP contribution in [0.5, 0.6) is 0 Å². The Kier molecular flexibility index (Phi) is 12.5. The van der Waals surface area contributed by atoms with E-state index in [1.807, 2.05) is 89.7 Å². The number of carbonyl (C=O) groups excluding carboxylic acids is 1. The van der Waals surface area contributed by atoms with Crippen LogP contribution in [0.1, 0.15) is 105 Å². The fourth-order valence-corrected chi connectivity index (χ4v) is 7.75. The minimum absolute atomic E-state index is 0.0740. The topological polar surface area (TPSA) is 138 Å². The number of aliphatic hydroxyl groups is 1. The number of nitrogens with zero attached hydrogens (tertiary/aromatic N) is 5. The van der Waals surface area contributed by atoms with Gasteiger partial charge in [-0.05, 0) is 120 Å². The Hall–Kier alpha value is -3.59. The molecule has 13 heteroatoms. The first-order valence-corrected chi connectivity index (χ1v) is 23.3. The van der Waals surface area contributed by atoms with Gasteiger partial charge in [-0.1, -0.05) is 52.3 Å². The lowest BCUT2D eigenvalue weighted by Crippen LogP contribution is -2.51. The molecular formula is C42H60N6O5SSi. The highest BCUT2D eigenvalue weighted by molar-refractivity contribution is 7.90. The number of rotatable bonds is 11. The van der Waals surface area contributed by atoms with Gasteiger partial charge >= 0.3 is 6.09 Å². The molecule has 0 unspecified atom stereocenters. The number of aromatic nitrogens is 4. The zero-order valence-corrected chi connectivity index (χ0v) is 36.6. The van der Waals surface area contributed by atoms with Crippen molar-refractivity contribution in [3.05, 3.63) is 77.8 Å². The molecule has 4 heterocycles. The summed E-state index contributed by atoms with van der Waals surface area (Å²) in [7, 11) is -2.00. The molecule has 298 valence electrons. The third kappa shape index (κ3) is 10.1. The van der Waals surface area contributed by atoms with Crippen molar-refractivity contribution in [3.63, 3.8) is 0 Å². The highest BCUT2D eigenvalue weighted by Crippen LogP contribution is 2.38. The summed E-state index contributed by atoms with van der Waals surface area (Å²) in [5.74, 6) is 0.663. The first-order valence-electron chi connectivity index (χ1n) is 19.2. The standard InChI is InChI=1S/C42H60N6O5SSi/c1-13-22-42(50,46-54(51)40(5,6)7)36-18-15-17-34(45-36)30-25-32(29-20-23-47(24-21-29)38(49)53-39(2,3)4)33-27-43-48(35(33)26-30)37-19-14-16-31(44-37)28-52-55(11,12)41(8,9)10/h14-20,25-27,46,50H,13,21-24,28H2,1-12H3/t42-,54+/m0/s1. The molecule has 0 bridgehead atoms. The molecule has 1 aliphatic heterocycles. The van der Waals surface area contributed by atoms with E-state index < -0.39 is 35.8 Å². The summed E-state index contributed by atoms with van der Waals surface area (Å²) in [6.07, 6.45) is 5.20. The van der Waals surface area contributed by atoms with Gasteiger partial charge in [-0.2, -0.15) is 5.10 Å². The molecule has 0 spiro atoms. The first kappa shape index (κ1) is 42.5. The summed E-state index contributed by atoms with van der Waals surface area (Å²) in [6.45, 7) is 25.7. The third-order valence-electron chi connectivity index (χ3n) is 10.2. The molecular weight excluding hydrogens is 729 g/mol. The smallest absolute Gasteiger partial charge is 0.410 e. The summed E-state index contributed by atoms with van der Waals surface area (Å²) >= 11 is -1.54. The summed E-state index contributed by atoms with van der Waals surface area (Å²) < 4.78 is 29.7. The van der Waals surface area contributed by atoms with Gasteiger partial charge in [0, 0.05) is 35.4 Å². The van der Waals surface area contributed by atoms with Gasteiger partial charge in [0.1, 0.15) is 10.3 Å². The van der Waals surface area contributed by atoms with Crippen LogP contribution in [-0.2, 0) is 32.9 Å². The predicted octanol–water partition coefficient (Wildman–Crippen LogP) is 9.03. The lowest BCUT2D eigenvalue weighted by molar-refractivity contribution is 0.0100. The van der Waals surface area contributed by atoms with Crippen molar-refractivity contribution >= 4 is 42.2 Å². The summed E-state index contributed by atoms with van der Waals surface area (Å²) in [5.41, 5.74) is 3.37. The van der Waals surface area contributed by atoms with Crippen LogP contribution in [0.2, 0.25) is 18.1 Å². The second-order valence-electron chi connectivity index (χ2n) is 18.0. The zero-order valence-electron chi connectivity index (χ0n) is 34.7. The zero-order chi connectivity index (χ0) is 40.6. The van der Waals surface area contributed by atoms with Crippen LogP contribution in [0.15, 0.2) is 60.8 Å². The Balaban J connectivity index is 1.61. The first-order chi connectivity index (χ1) is 25.5. The van der Waals surface area contributed by atoms with Gasteiger partial charge in [-0.25, -0.2) is 19.4 Å². The van der Waals surface area contributed by atoms with Crippen molar-refractivity contribution in [2.75, 3.05) is 13.1 Å². The minimum atomic E-state index is -2.00. The molecule has 2 N–H and O–H groups in total. The number of nitrogens with one attached hydrogen (secondary N) is 1. The fraction of sp³-hybridized carbons (Fsp3) is 0.524. The van der Waals surface area contributed by atoms with Crippen molar-refractivity contribution in [3.8, 4) is 17.1 Å². The largest absolute Gasteiger partial charge is 0.598 e. The Morgan fingerprint density at radius 1 is 1.02 bits per heavy atom. The van der Waals surface area contributed by atoms with Crippen LogP contribution in [-0.4, -0.2) is 72.2 Å². The Bertz CT molecular complexity index is 2030. The maximum Gasteiger partial charge on any atom is 0.410 e. The van der Waals surface area contributed by atoms with Crippen LogP contribution in [0, 0.1) is 0 Å². The van der Waals surface area contributed by atoms with Crippen molar-refractivity contribution < 1.29 is 23.6 Å². The molecule has 0 saturated heterocycles. The van der Waals surface area contributed by atoms with E-state index in [4.69, 9.17) is 24.2 Å². The molecule has 55 heavy (non-hydrogen) atoms. The van der Waals surface area contributed by atoms with Gasteiger partial charge in [0.2, 0.25) is 0 Å². The number of hydrogen-bond acceptors (Lipinski definition) is 9. The molecule has 4 aromatic rings. The number of amides is 1. The minimum Gasteiger partial charge on any atom is -0.598 e. The van der Waals surface area contributed by atoms with Gasteiger partial charge in [0.25, 0.3) is 0 Å². The van der Waals surface area contributed by atoms with E-state index >= 15 is 0 Å². The molecule has 3 aromatic heterocycles. The number of benzene rings is 1. The third-order valence-corrected chi connectivity index (χ3v) is 16.3. The van der Waals surface area contributed by atoms with E-state index in [-0.39, 0.29) is 11.1 Å². The van der Waals surface area contributed by atoms with E-state index in [9.17, 15) is 14.5 Å². The maximum absolute atomic E-state index is 13.2. The van der Waals surface area contributed by atoms with Crippen LogP contribution < -0.4 is 4.72 Å². The molecule has 2 atom stereocenters. The van der Waals surface area contributed by atoms with E-state index in [1.54, 1.807) is 11.0 Å². The van der Waals surface area contributed by atoms with Crippen LogP contribution in [0.25, 0.3) is 33.6 Å². The Morgan fingerprint density at radius 2 is 1.73 bits per heavy atom. The molecule has 0 radical (unpaired) electrons. The molecule has 1 aliphatic rings. The number of carbonyl (C=O) groups is 1. The van der Waals surface area contributed by atoms with Crippen molar-refractivity contribution in [2.24, 2.45) is 0 Å². The second-order valence-corrected chi connectivity index (χ2v) is 24.7. The number of fused-ring (bicyclic) bond motifs is 1. The van der Waals surface area contributed by atoms with E-state index in [1.165, 1.54) is 0 Å². The fourth-order valence-electron chi connectivity index (χ4n) is 5.99. The summed E-state index contributed by atoms with van der Waals surface area (Å²) in [6, 6.07) is 15.6. The maximum atomic E-state index is 13.2. The van der Waals surface area contributed by atoms with Crippen molar-refractivity contribution in [1.82, 2.24) is 29.4 Å². The average Bonchev–Trinajstić information content (AvgIpc) is 3.53. The van der Waals surface area contributed by atoms with Gasteiger partial charge in [-0.3, -0.25) is 0 Å². The Labute approximate surface area is 331 Å². The molecule has 11 nitrogen and oxygen atoms in total. The molecule has 0 saturated carbocycles. The summed E-state index contributed by atoms with van der Waals surface area (Å²) in [4.78, 5) is 24.7. The van der Waals surface area contributed by atoms with E-state index in [2.05, 4.69) is 56.8 Å². The predicted molar refractivity (Wildman–Crippen MR) is 224 cm³/mol. The van der Waals surface area contributed by atoms with Gasteiger partial charge < -0.3 is 23.7 Å². The molecule has 0 aliphatic carbocycles. The van der Waals surface area contributed by atoms with Crippen molar-refractivity contribution in [1.29, 1.82) is 0 Å². The van der Waals surface area contributed by atoms with E-state index in [0.717, 1.165) is 33.3 Å². The van der Waals surface area contributed by atoms with Crippen LogP contribution in [0.4, 0.5) is 4.79 Å². The SMILES string of the molecule is CCC[C@@](O)(N[S@+]([O-])C(C)(C)C)c1cccc(-c2cc(C3=CCN(C(=O)OC(C)(C)C)CC3)c3cnn(-c4cccc(CO[Si](C)(C)C(C)(C)C)n4)c3c2)n1. The number of hydrogen-bond donors (Lipinski definition) is 2. The molecule has 1 amide bonds. The van der Waals surface area contributed by atoms with Gasteiger partial charge in [-0.15, -0.1) is 4.72 Å². The molecule has 5 rings (SSSR count). The molecule has 0 fully saturated rings. The van der Waals surface area contributed by atoms with Gasteiger partial charge in [0.15, 0.2) is 19.9 Å². The van der Waals surface area contributed by atoms with Crippen LogP contribution in [0.3, 0.4) is 0 Å². The normalized spacial score (nSPS) is 16.2. The van der Waals surface area contributed by atoms with E-state index in [0.29, 0.717) is 56.2 Å². The summed E-state index contributed by atoms with van der Waals surface area (Å²) in [5, 5.41) is 17.8. The highest BCUT2D eigenvalue weighted by Gasteiger charge is 2.40. The quantitative estimate of drug-likeness (QED) is 0.0867. The van der Waals surface area contributed by atoms with Crippen LogP contribution >= 0.6 is 0 Å².